The normalized spacial score (nSPS) is 11.2. The van der Waals surface area contributed by atoms with Gasteiger partial charge in [-0.25, -0.2) is 13.4 Å². The minimum Gasteiger partial charge on any atom is -0.373 e. The maximum absolute atomic E-state index is 11.3. The van der Waals surface area contributed by atoms with Crippen molar-refractivity contribution in [3.8, 4) is 0 Å². The molecule has 1 aromatic heterocycles. The van der Waals surface area contributed by atoms with Gasteiger partial charge >= 0.3 is 0 Å². The van der Waals surface area contributed by atoms with Crippen LogP contribution >= 0.6 is 0 Å². The maximum atomic E-state index is 11.3. The van der Waals surface area contributed by atoms with E-state index in [4.69, 9.17) is 0 Å². The van der Waals surface area contributed by atoms with E-state index < -0.39 is 9.84 Å². The van der Waals surface area contributed by atoms with Crippen LogP contribution in [0, 0.1) is 0 Å². The summed E-state index contributed by atoms with van der Waals surface area (Å²) in [5.41, 5.74) is 0. The lowest BCUT2D eigenvalue weighted by Crippen LogP contribution is -2.04. The molecule has 1 rings (SSSR count). The molecule has 0 amide bonds. The van der Waals surface area contributed by atoms with Gasteiger partial charge in [-0.1, -0.05) is 6.92 Å². The van der Waals surface area contributed by atoms with Crippen molar-refractivity contribution in [3.05, 3.63) is 18.3 Å². The van der Waals surface area contributed by atoms with E-state index in [9.17, 15) is 8.42 Å². The van der Waals surface area contributed by atoms with Crippen molar-refractivity contribution in [2.75, 3.05) is 18.1 Å². The van der Waals surface area contributed by atoms with Crippen molar-refractivity contribution >= 4 is 15.7 Å². The quantitative estimate of drug-likeness (QED) is 0.788. The Morgan fingerprint density at radius 2 is 2.15 bits per heavy atom. The molecule has 0 atom stereocenters. The second-order valence-corrected chi connectivity index (χ2v) is 4.81. The van der Waals surface area contributed by atoms with Gasteiger partial charge in [-0.15, -0.1) is 0 Å². The molecule has 0 saturated heterocycles. The van der Waals surface area contributed by atoms with Gasteiger partial charge in [-0.2, -0.15) is 0 Å². The largest absolute Gasteiger partial charge is 0.373 e. The van der Waals surface area contributed by atoms with Crippen LogP contribution in [0.4, 0.5) is 5.82 Å². The molecule has 0 aliphatic rings. The zero-order valence-electron chi connectivity index (χ0n) is 7.61. The Bertz CT molecular complexity index is 370. The Kier molecular flexibility index (Phi) is 2.87. The number of rotatable bonds is 3. The highest BCUT2D eigenvalue weighted by molar-refractivity contribution is 7.91. The number of sulfone groups is 1. The summed E-state index contributed by atoms with van der Waals surface area (Å²) >= 11 is 0. The predicted molar refractivity (Wildman–Crippen MR) is 51.5 cm³/mol. The Morgan fingerprint density at radius 1 is 1.46 bits per heavy atom. The Labute approximate surface area is 77.9 Å². The van der Waals surface area contributed by atoms with Gasteiger partial charge in [0.05, 0.1) is 10.6 Å². The van der Waals surface area contributed by atoms with Crippen LogP contribution in [0.15, 0.2) is 23.2 Å². The summed E-state index contributed by atoms with van der Waals surface area (Å²) in [5.74, 6) is 0.767. The molecule has 0 fully saturated rings. The zero-order valence-corrected chi connectivity index (χ0v) is 8.43. The smallest absolute Gasteiger partial charge is 0.179 e. The number of nitrogens with one attached hydrogen (secondary N) is 1. The van der Waals surface area contributed by atoms with E-state index in [1.165, 1.54) is 6.20 Å². The lowest BCUT2D eigenvalue weighted by Gasteiger charge is -2.01. The van der Waals surface area contributed by atoms with Gasteiger partial charge in [0.2, 0.25) is 0 Å². The van der Waals surface area contributed by atoms with Gasteiger partial charge in [0.25, 0.3) is 0 Å². The van der Waals surface area contributed by atoms with Crippen molar-refractivity contribution in [3.63, 3.8) is 0 Å². The summed E-state index contributed by atoms with van der Waals surface area (Å²) < 4.78 is 22.7. The molecule has 0 aliphatic heterocycles. The second kappa shape index (κ2) is 3.74. The molecule has 1 N–H and O–H groups in total. The van der Waals surface area contributed by atoms with Crippen molar-refractivity contribution < 1.29 is 8.42 Å². The van der Waals surface area contributed by atoms with E-state index >= 15 is 0 Å². The standard InChI is InChI=1S/C8H12N2O2S/c1-3-13(11,12)7-4-5-8(9-2)10-6-7/h4-6H,3H2,1-2H3,(H,9,10). The van der Waals surface area contributed by atoms with E-state index in [1.807, 2.05) is 0 Å². The summed E-state index contributed by atoms with van der Waals surface area (Å²) in [7, 11) is -1.38. The van der Waals surface area contributed by atoms with Crippen molar-refractivity contribution in [2.24, 2.45) is 0 Å². The SMILES string of the molecule is CCS(=O)(=O)c1ccc(NC)nc1. The second-order valence-electron chi connectivity index (χ2n) is 2.53. The third-order valence-corrected chi connectivity index (χ3v) is 3.45. The summed E-state index contributed by atoms with van der Waals surface area (Å²) in [6.45, 7) is 1.61. The minimum absolute atomic E-state index is 0.105. The van der Waals surface area contributed by atoms with Crippen molar-refractivity contribution in [2.45, 2.75) is 11.8 Å². The first-order chi connectivity index (χ1) is 6.10. The fourth-order valence-electron chi connectivity index (χ4n) is 0.879. The Hall–Kier alpha value is -1.10. The molecule has 0 unspecified atom stereocenters. The van der Waals surface area contributed by atoms with Crippen LogP contribution in [-0.4, -0.2) is 26.2 Å². The van der Waals surface area contributed by atoms with Crippen molar-refractivity contribution in [1.82, 2.24) is 4.98 Å². The molecule has 13 heavy (non-hydrogen) atoms. The zero-order chi connectivity index (χ0) is 9.90. The van der Waals surface area contributed by atoms with Gasteiger partial charge in [-0.05, 0) is 12.1 Å². The van der Waals surface area contributed by atoms with Crippen LogP contribution in [0.2, 0.25) is 0 Å². The lowest BCUT2D eigenvalue weighted by molar-refractivity contribution is 0.597. The molecule has 0 aliphatic carbocycles. The summed E-state index contributed by atoms with van der Waals surface area (Å²) in [5, 5.41) is 2.82. The Morgan fingerprint density at radius 3 is 2.54 bits per heavy atom. The molecule has 0 aromatic carbocycles. The molecule has 5 heteroatoms. The fraction of sp³-hybridized carbons (Fsp3) is 0.375. The summed E-state index contributed by atoms with van der Waals surface area (Å²) in [6, 6.07) is 3.19. The molecule has 0 bridgehead atoms. The van der Waals surface area contributed by atoms with Crippen LogP contribution in [0.5, 0.6) is 0 Å². The third-order valence-electron chi connectivity index (χ3n) is 1.73. The highest BCUT2D eigenvalue weighted by atomic mass is 32.2. The molecule has 0 radical (unpaired) electrons. The average molecular weight is 200 g/mol. The molecule has 1 heterocycles. The number of hydrogen-bond acceptors (Lipinski definition) is 4. The number of aromatic nitrogens is 1. The molecule has 1 aromatic rings. The van der Waals surface area contributed by atoms with Gasteiger partial charge in [0.1, 0.15) is 5.82 Å². The third kappa shape index (κ3) is 2.18. The first-order valence-electron chi connectivity index (χ1n) is 3.96. The summed E-state index contributed by atoms with van der Waals surface area (Å²) in [4.78, 5) is 4.19. The highest BCUT2D eigenvalue weighted by Gasteiger charge is 2.10. The minimum atomic E-state index is -3.11. The topological polar surface area (TPSA) is 59.1 Å². The lowest BCUT2D eigenvalue weighted by atomic mass is 10.5. The average Bonchev–Trinajstić information content (AvgIpc) is 2.18. The van der Waals surface area contributed by atoms with Crippen LogP contribution in [0.3, 0.4) is 0 Å². The van der Waals surface area contributed by atoms with Gasteiger partial charge in [0.15, 0.2) is 9.84 Å². The predicted octanol–water partition coefficient (Wildman–Crippen LogP) is 0.917. The van der Waals surface area contributed by atoms with Crippen LogP contribution in [-0.2, 0) is 9.84 Å². The first-order valence-corrected chi connectivity index (χ1v) is 5.62. The molecule has 0 saturated carbocycles. The molecule has 4 nitrogen and oxygen atoms in total. The van der Waals surface area contributed by atoms with Gasteiger partial charge < -0.3 is 5.32 Å². The van der Waals surface area contributed by atoms with Crippen LogP contribution < -0.4 is 5.32 Å². The number of anilines is 1. The van der Waals surface area contributed by atoms with E-state index in [0.717, 1.165) is 0 Å². The molecule has 0 spiro atoms. The monoisotopic (exact) mass is 200 g/mol. The Balaban J connectivity index is 3.06. The number of hydrogen-bond donors (Lipinski definition) is 1. The van der Waals surface area contributed by atoms with Crippen LogP contribution in [0.25, 0.3) is 0 Å². The van der Waals surface area contributed by atoms with Gasteiger partial charge in [-0.3, -0.25) is 0 Å². The highest BCUT2D eigenvalue weighted by Crippen LogP contribution is 2.11. The molecular weight excluding hydrogens is 188 g/mol. The van der Waals surface area contributed by atoms with E-state index in [0.29, 0.717) is 5.82 Å². The molecular formula is C8H12N2O2S. The maximum Gasteiger partial charge on any atom is 0.179 e. The first kappa shape index (κ1) is 9.98. The summed E-state index contributed by atoms with van der Waals surface area (Å²) in [6.07, 6.45) is 1.37. The fourth-order valence-corrected chi connectivity index (χ4v) is 1.70. The van der Waals surface area contributed by atoms with E-state index in [2.05, 4.69) is 10.3 Å². The molecule has 72 valence electrons. The number of pyridine rings is 1. The van der Waals surface area contributed by atoms with Crippen molar-refractivity contribution in [1.29, 1.82) is 0 Å². The van der Waals surface area contributed by atoms with Crippen LogP contribution in [0.1, 0.15) is 6.92 Å². The van der Waals surface area contributed by atoms with E-state index in [1.54, 1.807) is 26.1 Å². The number of nitrogens with zero attached hydrogens (tertiary/aromatic N) is 1. The van der Waals surface area contributed by atoms with Gasteiger partial charge in [0, 0.05) is 13.2 Å². The van der Waals surface area contributed by atoms with E-state index in [-0.39, 0.29) is 10.6 Å².